The van der Waals surface area contributed by atoms with Gasteiger partial charge in [-0.15, -0.1) is 0 Å². The number of carbonyl (C=O) groups is 1. The molecule has 0 radical (unpaired) electrons. The zero-order valence-electron chi connectivity index (χ0n) is 12.3. The molecule has 0 aromatic heterocycles. The monoisotopic (exact) mass is 276 g/mol. The molecular weight excluding hydrogens is 252 g/mol. The Kier molecular flexibility index (Phi) is 5.41. The summed E-state index contributed by atoms with van der Waals surface area (Å²) in [6.07, 6.45) is 3.04. The molecule has 1 amide bonds. The highest BCUT2D eigenvalue weighted by atomic mass is 16.5. The number of benzene rings is 1. The first-order valence-corrected chi connectivity index (χ1v) is 7.33. The standard InChI is InChI=1S/C16H24N2O2/c1-12(11-14-5-3-4-6-15(14)20-2)17-9-10-18-16(19)13-7-8-13/h3-6,12-13,17H,7-11H2,1-2H3,(H,18,19). The lowest BCUT2D eigenvalue weighted by Gasteiger charge is -2.16. The number of para-hydroxylation sites is 1. The zero-order chi connectivity index (χ0) is 14.4. The van der Waals surface area contributed by atoms with Crippen molar-refractivity contribution in [3.63, 3.8) is 0 Å². The van der Waals surface area contributed by atoms with Crippen LogP contribution in [0.3, 0.4) is 0 Å². The van der Waals surface area contributed by atoms with Crippen LogP contribution >= 0.6 is 0 Å². The maximum absolute atomic E-state index is 11.5. The molecule has 1 saturated carbocycles. The summed E-state index contributed by atoms with van der Waals surface area (Å²) < 4.78 is 5.35. The van der Waals surface area contributed by atoms with Gasteiger partial charge >= 0.3 is 0 Å². The highest BCUT2D eigenvalue weighted by Gasteiger charge is 2.28. The number of rotatable bonds is 8. The van der Waals surface area contributed by atoms with Gasteiger partial charge in [-0.2, -0.15) is 0 Å². The van der Waals surface area contributed by atoms with Crippen LogP contribution in [0.2, 0.25) is 0 Å². The highest BCUT2D eigenvalue weighted by molar-refractivity contribution is 5.80. The Hall–Kier alpha value is -1.55. The Bertz CT molecular complexity index is 444. The molecule has 1 unspecified atom stereocenters. The van der Waals surface area contributed by atoms with Crippen molar-refractivity contribution in [1.82, 2.24) is 10.6 Å². The smallest absolute Gasteiger partial charge is 0.223 e. The quantitative estimate of drug-likeness (QED) is 0.711. The number of hydrogen-bond acceptors (Lipinski definition) is 3. The van der Waals surface area contributed by atoms with E-state index in [1.165, 1.54) is 5.56 Å². The van der Waals surface area contributed by atoms with Gasteiger partial charge in [-0.05, 0) is 37.8 Å². The van der Waals surface area contributed by atoms with E-state index < -0.39 is 0 Å². The summed E-state index contributed by atoms with van der Waals surface area (Å²) >= 11 is 0. The van der Waals surface area contributed by atoms with Crippen molar-refractivity contribution in [2.45, 2.75) is 32.2 Å². The summed E-state index contributed by atoms with van der Waals surface area (Å²) in [5, 5.41) is 6.39. The molecule has 1 atom stereocenters. The minimum Gasteiger partial charge on any atom is -0.496 e. The van der Waals surface area contributed by atoms with Crippen molar-refractivity contribution in [2.75, 3.05) is 20.2 Å². The minimum atomic E-state index is 0.212. The Morgan fingerprint density at radius 3 is 2.80 bits per heavy atom. The summed E-state index contributed by atoms with van der Waals surface area (Å²) in [4.78, 5) is 11.5. The van der Waals surface area contributed by atoms with Gasteiger partial charge in [-0.1, -0.05) is 18.2 Å². The van der Waals surface area contributed by atoms with Gasteiger partial charge in [0.25, 0.3) is 0 Å². The van der Waals surface area contributed by atoms with Gasteiger partial charge in [0.1, 0.15) is 5.75 Å². The van der Waals surface area contributed by atoms with E-state index in [2.05, 4.69) is 23.6 Å². The summed E-state index contributed by atoms with van der Waals surface area (Å²) in [5.41, 5.74) is 1.21. The van der Waals surface area contributed by atoms with Crippen molar-refractivity contribution in [3.05, 3.63) is 29.8 Å². The molecule has 4 nitrogen and oxygen atoms in total. The second kappa shape index (κ2) is 7.29. The summed E-state index contributed by atoms with van der Waals surface area (Å²) in [6.45, 7) is 3.65. The van der Waals surface area contributed by atoms with Crippen LogP contribution in [0.1, 0.15) is 25.3 Å². The topological polar surface area (TPSA) is 50.4 Å². The number of hydrogen-bond donors (Lipinski definition) is 2. The fourth-order valence-corrected chi connectivity index (χ4v) is 2.27. The molecule has 0 bridgehead atoms. The van der Waals surface area contributed by atoms with E-state index in [1.54, 1.807) is 7.11 Å². The molecule has 0 aliphatic heterocycles. The molecule has 1 fully saturated rings. The van der Waals surface area contributed by atoms with Crippen LogP contribution in [-0.4, -0.2) is 32.1 Å². The molecule has 1 aromatic rings. The van der Waals surface area contributed by atoms with Crippen molar-refractivity contribution in [1.29, 1.82) is 0 Å². The average Bonchev–Trinajstić information content (AvgIpc) is 3.28. The van der Waals surface area contributed by atoms with Crippen molar-refractivity contribution >= 4 is 5.91 Å². The lowest BCUT2D eigenvalue weighted by Crippen LogP contribution is -2.37. The SMILES string of the molecule is COc1ccccc1CC(C)NCCNC(=O)C1CC1. The molecule has 2 rings (SSSR count). The molecule has 0 saturated heterocycles. The Balaban J connectivity index is 1.66. The molecule has 0 spiro atoms. The normalized spacial score (nSPS) is 15.7. The Morgan fingerprint density at radius 1 is 1.35 bits per heavy atom. The van der Waals surface area contributed by atoms with Crippen molar-refractivity contribution < 1.29 is 9.53 Å². The summed E-state index contributed by atoms with van der Waals surface area (Å²) in [7, 11) is 1.70. The van der Waals surface area contributed by atoms with E-state index in [-0.39, 0.29) is 5.91 Å². The molecule has 4 heteroatoms. The first-order chi connectivity index (χ1) is 9.70. The third-order valence-corrected chi connectivity index (χ3v) is 3.58. The van der Waals surface area contributed by atoms with E-state index in [0.29, 0.717) is 18.5 Å². The number of ether oxygens (including phenoxy) is 1. The van der Waals surface area contributed by atoms with Gasteiger partial charge in [-0.25, -0.2) is 0 Å². The largest absolute Gasteiger partial charge is 0.496 e. The zero-order valence-corrected chi connectivity index (χ0v) is 12.3. The van der Waals surface area contributed by atoms with E-state index >= 15 is 0 Å². The molecule has 1 aliphatic rings. The summed E-state index contributed by atoms with van der Waals surface area (Å²) in [6, 6.07) is 8.43. The van der Waals surface area contributed by atoms with Gasteiger partial charge in [0.05, 0.1) is 7.11 Å². The predicted octanol–water partition coefficient (Wildman–Crippen LogP) is 1.74. The number of methoxy groups -OCH3 is 1. The van der Waals surface area contributed by atoms with Crippen molar-refractivity contribution in [3.8, 4) is 5.75 Å². The van der Waals surface area contributed by atoms with Crippen LogP contribution in [0.15, 0.2) is 24.3 Å². The van der Waals surface area contributed by atoms with Crippen LogP contribution in [0, 0.1) is 5.92 Å². The van der Waals surface area contributed by atoms with Gasteiger partial charge in [-0.3, -0.25) is 4.79 Å². The maximum Gasteiger partial charge on any atom is 0.223 e. The van der Waals surface area contributed by atoms with Gasteiger partial charge in [0, 0.05) is 25.0 Å². The third kappa shape index (κ3) is 4.53. The highest BCUT2D eigenvalue weighted by Crippen LogP contribution is 2.28. The molecule has 20 heavy (non-hydrogen) atoms. The fraction of sp³-hybridized carbons (Fsp3) is 0.562. The molecule has 1 aromatic carbocycles. The predicted molar refractivity (Wildman–Crippen MR) is 79.9 cm³/mol. The Morgan fingerprint density at radius 2 is 2.10 bits per heavy atom. The second-order valence-corrected chi connectivity index (χ2v) is 5.44. The average molecular weight is 276 g/mol. The minimum absolute atomic E-state index is 0.212. The van der Waals surface area contributed by atoms with Gasteiger partial charge in [0.2, 0.25) is 5.91 Å². The second-order valence-electron chi connectivity index (χ2n) is 5.44. The molecular formula is C16H24N2O2. The summed E-state index contributed by atoms with van der Waals surface area (Å²) in [5.74, 6) is 1.44. The molecule has 0 heterocycles. The van der Waals surface area contributed by atoms with E-state index in [0.717, 1.165) is 31.6 Å². The van der Waals surface area contributed by atoms with E-state index in [9.17, 15) is 4.79 Å². The maximum atomic E-state index is 11.5. The number of nitrogens with one attached hydrogen (secondary N) is 2. The van der Waals surface area contributed by atoms with Crippen LogP contribution in [0.4, 0.5) is 0 Å². The van der Waals surface area contributed by atoms with Gasteiger partial charge in [0.15, 0.2) is 0 Å². The number of carbonyl (C=O) groups excluding carboxylic acids is 1. The van der Waals surface area contributed by atoms with Crippen LogP contribution < -0.4 is 15.4 Å². The molecule has 110 valence electrons. The van der Waals surface area contributed by atoms with E-state index in [4.69, 9.17) is 4.74 Å². The number of amides is 1. The van der Waals surface area contributed by atoms with Crippen LogP contribution in [-0.2, 0) is 11.2 Å². The van der Waals surface area contributed by atoms with Crippen molar-refractivity contribution in [2.24, 2.45) is 5.92 Å². The van der Waals surface area contributed by atoms with E-state index in [1.807, 2.05) is 18.2 Å². The first-order valence-electron chi connectivity index (χ1n) is 7.33. The Labute approximate surface area is 120 Å². The van der Waals surface area contributed by atoms with Gasteiger partial charge < -0.3 is 15.4 Å². The first kappa shape index (κ1) is 14.9. The van der Waals surface area contributed by atoms with Crippen LogP contribution in [0.25, 0.3) is 0 Å². The lowest BCUT2D eigenvalue weighted by atomic mass is 10.1. The lowest BCUT2D eigenvalue weighted by molar-refractivity contribution is -0.122. The molecule has 2 N–H and O–H groups in total. The van der Waals surface area contributed by atoms with Crippen LogP contribution in [0.5, 0.6) is 5.75 Å². The molecule has 1 aliphatic carbocycles. The third-order valence-electron chi connectivity index (χ3n) is 3.58. The fourth-order valence-electron chi connectivity index (χ4n) is 2.27.